The molecule has 0 aliphatic carbocycles. The van der Waals surface area contributed by atoms with Gasteiger partial charge in [-0.3, -0.25) is 0 Å². The Morgan fingerprint density at radius 3 is 2.53 bits per heavy atom. The molecule has 0 spiro atoms. The second-order valence-corrected chi connectivity index (χ2v) is 4.87. The van der Waals surface area contributed by atoms with Crippen LogP contribution in [0, 0.1) is 0 Å². The van der Waals surface area contributed by atoms with Crippen molar-refractivity contribution >= 4 is 0 Å². The fourth-order valence-electron chi connectivity index (χ4n) is 1.47. The van der Waals surface area contributed by atoms with Gasteiger partial charge in [-0.25, -0.2) is 0 Å². The monoisotopic (exact) mass is 212 g/mol. The smallest absolute Gasteiger partial charge is 0.00416 e. The van der Waals surface area contributed by atoms with Gasteiger partial charge in [0.2, 0.25) is 0 Å². The lowest BCUT2D eigenvalue weighted by molar-refractivity contribution is 0.386. The van der Waals surface area contributed by atoms with Crippen molar-refractivity contribution in [2.24, 2.45) is 0 Å². The minimum atomic E-state index is 0.641. The second kappa shape index (κ2) is 8.93. The molecule has 90 valence electrons. The van der Waals surface area contributed by atoms with Gasteiger partial charge in [0.1, 0.15) is 0 Å². The quantitative estimate of drug-likeness (QED) is 0.491. The molecule has 1 atom stereocenters. The molecule has 0 amide bonds. The highest BCUT2D eigenvalue weighted by molar-refractivity contribution is 4.93. The molecule has 0 aromatic rings. The summed E-state index contributed by atoms with van der Waals surface area (Å²) in [6, 6.07) is 0.641. The van der Waals surface area contributed by atoms with Gasteiger partial charge < -0.3 is 10.2 Å². The van der Waals surface area contributed by atoms with E-state index in [1.54, 1.807) is 0 Å². The Bertz CT molecular complexity index is 169. The largest absolute Gasteiger partial charge is 0.314 e. The first-order chi connectivity index (χ1) is 7.02. The average Bonchev–Trinajstić information content (AvgIpc) is 2.11. The fraction of sp³-hybridized carbons (Fsp3) is 0.846. The summed E-state index contributed by atoms with van der Waals surface area (Å²) in [5.74, 6) is 0. The lowest BCUT2D eigenvalue weighted by Crippen LogP contribution is -2.28. The Balaban J connectivity index is 3.33. The van der Waals surface area contributed by atoms with E-state index in [0.29, 0.717) is 6.04 Å². The van der Waals surface area contributed by atoms with Crippen molar-refractivity contribution < 1.29 is 0 Å². The maximum Gasteiger partial charge on any atom is 0.00416 e. The molecular formula is C13H28N2. The molecule has 0 aliphatic rings. The molecule has 0 heterocycles. The molecule has 1 unspecified atom stereocenters. The van der Waals surface area contributed by atoms with Gasteiger partial charge >= 0.3 is 0 Å². The summed E-state index contributed by atoms with van der Waals surface area (Å²) in [4.78, 5) is 2.23. The third kappa shape index (κ3) is 11.6. The first-order valence-corrected chi connectivity index (χ1v) is 6.04. The Labute approximate surface area is 95.7 Å². The molecule has 0 fully saturated rings. The van der Waals surface area contributed by atoms with Crippen LogP contribution in [0.15, 0.2) is 11.6 Å². The SMILES string of the molecule is CC(C)=CCCC(C)NCCCN(C)C. The van der Waals surface area contributed by atoms with Crippen molar-refractivity contribution in [3.05, 3.63) is 11.6 Å². The van der Waals surface area contributed by atoms with E-state index in [1.807, 2.05) is 0 Å². The lowest BCUT2D eigenvalue weighted by atomic mass is 10.1. The van der Waals surface area contributed by atoms with Gasteiger partial charge in [0.15, 0.2) is 0 Å². The second-order valence-electron chi connectivity index (χ2n) is 4.87. The average molecular weight is 212 g/mol. The molecule has 0 aliphatic heterocycles. The Kier molecular flexibility index (Phi) is 8.73. The Morgan fingerprint density at radius 1 is 1.33 bits per heavy atom. The van der Waals surface area contributed by atoms with Crippen molar-refractivity contribution in [2.75, 3.05) is 27.2 Å². The highest BCUT2D eigenvalue weighted by atomic mass is 15.1. The van der Waals surface area contributed by atoms with E-state index in [9.17, 15) is 0 Å². The van der Waals surface area contributed by atoms with E-state index in [2.05, 4.69) is 51.2 Å². The van der Waals surface area contributed by atoms with E-state index in [4.69, 9.17) is 0 Å². The van der Waals surface area contributed by atoms with Crippen molar-refractivity contribution in [1.29, 1.82) is 0 Å². The lowest BCUT2D eigenvalue weighted by Gasteiger charge is -2.14. The van der Waals surface area contributed by atoms with Crippen LogP contribution in [0.3, 0.4) is 0 Å². The van der Waals surface area contributed by atoms with Gasteiger partial charge in [-0.2, -0.15) is 0 Å². The minimum Gasteiger partial charge on any atom is -0.314 e. The molecule has 0 rings (SSSR count). The van der Waals surface area contributed by atoms with Gasteiger partial charge in [-0.15, -0.1) is 0 Å². The predicted octanol–water partition coefficient (Wildman–Crippen LogP) is 2.66. The van der Waals surface area contributed by atoms with Crippen LogP contribution in [0.4, 0.5) is 0 Å². The van der Waals surface area contributed by atoms with Crippen LogP contribution >= 0.6 is 0 Å². The first kappa shape index (κ1) is 14.7. The van der Waals surface area contributed by atoms with Crippen molar-refractivity contribution in [1.82, 2.24) is 10.2 Å². The minimum absolute atomic E-state index is 0.641. The maximum atomic E-state index is 3.56. The zero-order valence-corrected chi connectivity index (χ0v) is 11.1. The molecule has 0 saturated carbocycles. The van der Waals surface area contributed by atoms with E-state index in [1.165, 1.54) is 31.4 Å². The van der Waals surface area contributed by atoms with E-state index in [-0.39, 0.29) is 0 Å². The van der Waals surface area contributed by atoms with Crippen LogP contribution in [-0.4, -0.2) is 38.1 Å². The number of hydrogen-bond donors (Lipinski definition) is 1. The Hall–Kier alpha value is -0.340. The molecule has 15 heavy (non-hydrogen) atoms. The van der Waals surface area contributed by atoms with Crippen LogP contribution in [0.5, 0.6) is 0 Å². The number of hydrogen-bond acceptors (Lipinski definition) is 2. The van der Waals surface area contributed by atoms with Crippen molar-refractivity contribution in [3.8, 4) is 0 Å². The molecule has 0 aromatic carbocycles. The number of nitrogens with zero attached hydrogens (tertiary/aromatic N) is 1. The van der Waals surface area contributed by atoms with Crippen LogP contribution < -0.4 is 5.32 Å². The molecule has 2 nitrogen and oxygen atoms in total. The van der Waals surface area contributed by atoms with Gasteiger partial charge in [-0.1, -0.05) is 11.6 Å². The summed E-state index contributed by atoms with van der Waals surface area (Å²) in [6.45, 7) is 8.90. The summed E-state index contributed by atoms with van der Waals surface area (Å²) in [6.07, 6.45) is 6.00. The van der Waals surface area contributed by atoms with E-state index < -0.39 is 0 Å². The van der Waals surface area contributed by atoms with Crippen LogP contribution in [-0.2, 0) is 0 Å². The number of nitrogens with one attached hydrogen (secondary N) is 1. The summed E-state index contributed by atoms with van der Waals surface area (Å²) < 4.78 is 0. The van der Waals surface area contributed by atoms with E-state index >= 15 is 0 Å². The third-order valence-corrected chi connectivity index (χ3v) is 2.43. The summed E-state index contributed by atoms with van der Waals surface area (Å²) in [5.41, 5.74) is 1.43. The van der Waals surface area contributed by atoms with Gasteiger partial charge in [0.25, 0.3) is 0 Å². The van der Waals surface area contributed by atoms with Gasteiger partial charge in [0, 0.05) is 6.04 Å². The topological polar surface area (TPSA) is 15.3 Å². The Morgan fingerprint density at radius 2 is 2.00 bits per heavy atom. The number of rotatable bonds is 8. The van der Waals surface area contributed by atoms with Crippen LogP contribution in [0.25, 0.3) is 0 Å². The highest BCUT2D eigenvalue weighted by Gasteiger charge is 1.99. The van der Waals surface area contributed by atoms with Gasteiger partial charge in [-0.05, 0) is 67.2 Å². The van der Waals surface area contributed by atoms with Crippen LogP contribution in [0.2, 0.25) is 0 Å². The van der Waals surface area contributed by atoms with Crippen LogP contribution in [0.1, 0.15) is 40.0 Å². The zero-order chi connectivity index (χ0) is 11.7. The molecular weight excluding hydrogens is 184 g/mol. The van der Waals surface area contributed by atoms with Crippen molar-refractivity contribution in [2.45, 2.75) is 46.1 Å². The fourth-order valence-corrected chi connectivity index (χ4v) is 1.47. The first-order valence-electron chi connectivity index (χ1n) is 6.04. The van der Waals surface area contributed by atoms with Gasteiger partial charge in [0.05, 0.1) is 0 Å². The predicted molar refractivity (Wildman–Crippen MR) is 69.3 cm³/mol. The summed E-state index contributed by atoms with van der Waals surface area (Å²) >= 11 is 0. The standard InChI is InChI=1S/C13H28N2/c1-12(2)8-6-9-13(3)14-10-7-11-15(4)5/h8,13-14H,6-7,9-11H2,1-5H3. The molecule has 0 radical (unpaired) electrons. The molecule has 1 N–H and O–H groups in total. The zero-order valence-electron chi connectivity index (χ0n) is 11.1. The maximum absolute atomic E-state index is 3.56. The summed E-state index contributed by atoms with van der Waals surface area (Å²) in [5, 5.41) is 3.56. The van der Waals surface area contributed by atoms with Crippen molar-refractivity contribution in [3.63, 3.8) is 0 Å². The normalized spacial score (nSPS) is 12.9. The summed E-state index contributed by atoms with van der Waals surface area (Å²) in [7, 11) is 4.25. The molecule has 2 heteroatoms. The molecule has 0 saturated heterocycles. The highest BCUT2D eigenvalue weighted by Crippen LogP contribution is 2.01. The number of allylic oxidation sites excluding steroid dienone is 2. The third-order valence-electron chi connectivity index (χ3n) is 2.43. The van der Waals surface area contributed by atoms with E-state index in [0.717, 1.165) is 6.54 Å². The molecule has 0 bridgehead atoms. The molecule has 0 aromatic heterocycles.